The molecule has 24 heavy (non-hydrogen) atoms. The molecule has 0 radical (unpaired) electrons. The molecular weight excluding hydrogens is 310 g/mol. The molecule has 0 atom stereocenters. The zero-order valence-electron chi connectivity index (χ0n) is 13.4. The molecule has 0 fully saturated rings. The van der Waals surface area contributed by atoms with Crippen LogP contribution >= 0.6 is 0 Å². The van der Waals surface area contributed by atoms with Crippen LogP contribution in [0.1, 0.15) is 20.7 Å². The quantitative estimate of drug-likeness (QED) is 0.535. The molecule has 0 aliphatic heterocycles. The Morgan fingerprint density at radius 3 is 1.96 bits per heavy atom. The zero-order chi connectivity index (χ0) is 18.1. The lowest BCUT2D eigenvalue weighted by atomic mass is 10.2. The van der Waals surface area contributed by atoms with Crippen molar-refractivity contribution in [1.82, 2.24) is 14.9 Å². The van der Waals surface area contributed by atoms with E-state index < -0.39 is 5.91 Å². The summed E-state index contributed by atoms with van der Waals surface area (Å²) >= 11 is 0. The molecule has 0 bridgehead atoms. The second-order valence-electron chi connectivity index (χ2n) is 4.82. The van der Waals surface area contributed by atoms with Gasteiger partial charge in [0, 0.05) is 37.6 Å². The van der Waals surface area contributed by atoms with E-state index in [1.54, 1.807) is 25.1 Å². The molecule has 0 aliphatic carbocycles. The van der Waals surface area contributed by atoms with Crippen LogP contribution in [-0.4, -0.2) is 47.1 Å². The summed E-state index contributed by atoms with van der Waals surface area (Å²) in [5.41, 5.74) is 16.5. The summed E-state index contributed by atoms with van der Waals surface area (Å²) < 4.78 is 0. The maximum absolute atomic E-state index is 11.4. The number of nitrogens with two attached hydrogens (primary N) is 3. The van der Waals surface area contributed by atoms with Gasteiger partial charge in [-0.1, -0.05) is 0 Å². The van der Waals surface area contributed by atoms with Crippen molar-refractivity contribution in [3.05, 3.63) is 47.8 Å². The highest BCUT2D eigenvalue weighted by molar-refractivity contribution is 5.99. The number of primary amides is 1. The monoisotopic (exact) mass is 329 g/mol. The summed E-state index contributed by atoms with van der Waals surface area (Å²) in [5.74, 6) is -0.200. The van der Waals surface area contributed by atoms with Gasteiger partial charge in [-0.3, -0.25) is 9.59 Å². The van der Waals surface area contributed by atoms with Crippen molar-refractivity contribution in [2.45, 2.75) is 0 Å². The standard InChI is InChI=1S/C9H12N4O.C6H7N3O/c1-13(2)6-12-9(14)7-3-4-11-8(10)5-7;7-5-3-4(6(8)10)1-2-9-5/h3-6H,1-2H3,(H2,10,11);1-3H,(H2,7,9)(H2,8,10). The molecule has 0 aromatic carbocycles. The number of pyridine rings is 2. The number of aromatic nitrogens is 2. The van der Waals surface area contributed by atoms with E-state index in [0.717, 1.165) is 0 Å². The van der Waals surface area contributed by atoms with Gasteiger partial charge in [-0.25, -0.2) is 9.97 Å². The van der Waals surface area contributed by atoms with E-state index in [2.05, 4.69) is 15.0 Å². The molecule has 2 aromatic rings. The number of aliphatic imine (C=N–C) groups is 1. The van der Waals surface area contributed by atoms with Crippen molar-refractivity contribution in [3.8, 4) is 0 Å². The van der Waals surface area contributed by atoms with Gasteiger partial charge >= 0.3 is 0 Å². The largest absolute Gasteiger partial charge is 0.384 e. The van der Waals surface area contributed by atoms with Crippen molar-refractivity contribution in [1.29, 1.82) is 0 Å². The number of amides is 2. The lowest BCUT2D eigenvalue weighted by Crippen LogP contribution is -2.11. The first-order valence-electron chi connectivity index (χ1n) is 6.77. The van der Waals surface area contributed by atoms with E-state index in [0.29, 0.717) is 22.8 Å². The Kier molecular flexibility index (Phi) is 6.83. The van der Waals surface area contributed by atoms with Crippen LogP contribution in [0, 0.1) is 0 Å². The number of rotatable bonds is 3. The Bertz CT molecular complexity index is 744. The average Bonchev–Trinajstić information content (AvgIpc) is 2.53. The Balaban J connectivity index is 0.000000254. The molecule has 0 saturated heterocycles. The minimum absolute atomic E-state index is 0.302. The second kappa shape index (κ2) is 8.83. The second-order valence-corrected chi connectivity index (χ2v) is 4.82. The van der Waals surface area contributed by atoms with Crippen LogP contribution in [0.2, 0.25) is 0 Å². The maximum atomic E-state index is 11.4. The van der Waals surface area contributed by atoms with Gasteiger partial charge in [0.2, 0.25) is 5.91 Å². The molecule has 6 N–H and O–H groups in total. The molecular formula is C15H19N7O2. The van der Waals surface area contributed by atoms with Gasteiger partial charge < -0.3 is 22.1 Å². The Hall–Kier alpha value is -3.49. The fourth-order valence-electron chi connectivity index (χ4n) is 1.43. The van der Waals surface area contributed by atoms with Gasteiger partial charge in [0.25, 0.3) is 5.91 Å². The summed E-state index contributed by atoms with van der Waals surface area (Å²) in [6.45, 7) is 0. The van der Waals surface area contributed by atoms with E-state index in [1.807, 2.05) is 0 Å². The molecule has 2 rings (SSSR count). The smallest absolute Gasteiger partial charge is 0.278 e. The van der Waals surface area contributed by atoms with Gasteiger partial charge in [0.05, 0.1) is 6.34 Å². The van der Waals surface area contributed by atoms with E-state index in [9.17, 15) is 9.59 Å². The van der Waals surface area contributed by atoms with Gasteiger partial charge in [-0.05, 0) is 24.3 Å². The summed E-state index contributed by atoms with van der Waals surface area (Å²) in [6.07, 6.45) is 4.36. The van der Waals surface area contributed by atoms with Gasteiger partial charge in [-0.15, -0.1) is 0 Å². The van der Waals surface area contributed by atoms with E-state index >= 15 is 0 Å². The van der Waals surface area contributed by atoms with Crippen LogP contribution in [-0.2, 0) is 0 Å². The molecule has 2 heterocycles. The molecule has 126 valence electrons. The molecule has 2 amide bonds. The third kappa shape index (κ3) is 6.52. The van der Waals surface area contributed by atoms with Crippen LogP contribution < -0.4 is 17.2 Å². The number of nitrogen functional groups attached to an aromatic ring is 2. The molecule has 0 aliphatic rings. The third-order valence-electron chi connectivity index (χ3n) is 2.50. The van der Waals surface area contributed by atoms with Crippen molar-refractivity contribution in [3.63, 3.8) is 0 Å². The average molecular weight is 329 g/mol. The summed E-state index contributed by atoms with van der Waals surface area (Å²) in [7, 11) is 3.58. The first-order valence-corrected chi connectivity index (χ1v) is 6.77. The number of hydrogen-bond acceptors (Lipinski definition) is 6. The van der Waals surface area contributed by atoms with Gasteiger partial charge in [0.15, 0.2) is 0 Å². The number of nitrogens with zero attached hydrogens (tertiary/aromatic N) is 4. The Labute approximate surface area is 139 Å². The molecule has 9 nitrogen and oxygen atoms in total. The van der Waals surface area contributed by atoms with E-state index in [-0.39, 0.29) is 5.91 Å². The minimum Gasteiger partial charge on any atom is -0.384 e. The lowest BCUT2D eigenvalue weighted by molar-refractivity contribution is 0.0993. The summed E-state index contributed by atoms with van der Waals surface area (Å²) in [5, 5.41) is 0. The Morgan fingerprint density at radius 2 is 1.54 bits per heavy atom. The predicted octanol–water partition coefficient (Wildman–Crippen LogP) is 0.157. The van der Waals surface area contributed by atoms with Crippen molar-refractivity contribution in [2.24, 2.45) is 10.7 Å². The number of anilines is 2. The fourth-order valence-corrected chi connectivity index (χ4v) is 1.43. The summed E-state index contributed by atoms with van der Waals surface area (Å²) in [4.78, 5) is 34.8. The lowest BCUT2D eigenvalue weighted by Gasteiger charge is -2.01. The summed E-state index contributed by atoms with van der Waals surface area (Å²) in [6, 6.07) is 6.02. The van der Waals surface area contributed by atoms with Crippen LogP contribution in [0.5, 0.6) is 0 Å². The van der Waals surface area contributed by atoms with Crippen LogP contribution in [0.25, 0.3) is 0 Å². The van der Waals surface area contributed by atoms with Crippen LogP contribution in [0.15, 0.2) is 41.7 Å². The zero-order valence-corrected chi connectivity index (χ0v) is 13.4. The number of carbonyl (C=O) groups excluding carboxylic acids is 2. The highest BCUT2D eigenvalue weighted by Gasteiger charge is 2.03. The van der Waals surface area contributed by atoms with Gasteiger partial charge in [-0.2, -0.15) is 4.99 Å². The highest BCUT2D eigenvalue weighted by atomic mass is 16.1. The van der Waals surface area contributed by atoms with Gasteiger partial charge in [0.1, 0.15) is 11.6 Å². The predicted molar refractivity (Wildman–Crippen MR) is 92.3 cm³/mol. The van der Waals surface area contributed by atoms with Crippen molar-refractivity contribution in [2.75, 3.05) is 25.6 Å². The molecule has 9 heteroatoms. The third-order valence-corrected chi connectivity index (χ3v) is 2.50. The topological polar surface area (TPSA) is 154 Å². The van der Waals surface area contributed by atoms with Crippen LogP contribution in [0.4, 0.5) is 11.6 Å². The minimum atomic E-state index is -0.492. The SMILES string of the molecule is CN(C)C=NC(=O)c1ccnc(N)c1.NC(=O)c1ccnc(N)c1. The molecule has 0 unspecified atom stereocenters. The normalized spacial score (nSPS) is 9.92. The highest BCUT2D eigenvalue weighted by Crippen LogP contribution is 2.04. The molecule has 2 aromatic heterocycles. The van der Waals surface area contributed by atoms with E-state index in [1.165, 1.54) is 36.9 Å². The van der Waals surface area contributed by atoms with Crippen molar-refractivity contribution >= 4 is 29.8 Å². The van der Waals surface area contributed by atoms with Crippen molar-refractivity contribution < 1.29 is 9.59 Å². The maximum Gasteiger partial charge on any atom is 0.278 e. The first-order chi connectivity index (χ1) is 11.3. The number of hydrogen-bond donors (Lipinski definition) is 3. The Morgan fingerprint density at radius 1 is 1.04 bits per heavy atom. The molecule has 0 spiro atoms. The van der Waals surface area contributed by atoms with E-state index in [4.69, 9.17) is 17.2 Å². The fraction of sp³-hybridized carbons (Fsp3) is 0.133. The van der Waals surface area contributed by atoms with Crippen LogP contribution in [0.3, 0.4) is 0 Å². The number of carbonyl (C=O) groups is 2. The first kappa shape index (κ1) is 18.6. The molecule has 0 saturated carbocycles.